The summed E-state index contributed by atoms with van der Waals surface area (Å²) in [6.07, 6.45) is -1.62. The van der Waals surface area contributed by atoms with Crippen LogP contribution in [0.5, 0.6) is 0 Å². The summed E-state index contributed by atoms with van der Waals surface area (Å²) in [5.74, 6) is 0.0850. The number of rotatable bonds is 6. The molecule has 0 radical (unpaired) electrons. The summed E-state index contributed by atoms with van der Waals surface area (Å²) in [6.45, 7) is 4.63. The van der Waals surface area contributed by atoms with Crippen molar-refractivity contribution in [1.29, 1.82) is 0 Å². The van der Waals surface area contributed by atoms with E-state index in [2.05, 4.69) is 15.5 Å². The van der Waals surface area contributed by atoms with Gasteiger partial charge in [0.25, 0.3) is 0 Å². The molecular weight excluding hydrogens is 497 g/mol. The lowest BCUT2D eigenvalue weighted by molar-refractivity contribution is -0.137. The Bertz CT molecular complexity index is 1120. The van der Waals surface area contributed by atoms with Gasteiger partial charge < -0.3 is 15.4 Å². The van der Waals surface area contributed by atoms with Crippen LogP contribution in [-0.2, 0) is 28.8 Å². The molecule has 2 aromatic rings. The average molecular weight is 531 g/mol. The standard InChI is InChI=1S/C28H33F3N4O3/c29-28(30,31)23-5-1-20(2-6-23)17-34-15-11-27(12-16-34)19-35(26(37)38-27)18-21-3-7-24(8-4-21)33-25(36)22-9-13-32-14-10-22/h1-8,22,32H,9-19H2,(H,33,36). The van der Waals surface area contributed by atoms with Gasteiger partial charge in [0.15, 0.2) is 0 Å². The van der Waals surface area contributed by atoms with Crippen LogP contribution in [0.3, 0.4) is 0 Å². The summed E-state index contributed by atoms with van der Waals surface area (Å²) in [5.41, 5.74) is 1.36. The lowest BCUT2D eigenvalue weighted by Gasteiger charge is -2.37. The first kappa shape index (κ1) is 26.5. The molecule has 0 aromatic heterocycles. The maximum atomic E-state index is 12.8. The Morgan fingerprint density at radius 2 is 1.58 bits per heavy atom. The zero-order valence-corrected chi connectivity index (χ0v) is 21.2. The number of halogens is 3. The summed E-state index contributed by atoms with van der Waals surface area (Å²) in [6, 6.07) is 12.9. The van der Waals surface area contributed by atoms with Crippen molar-refractivity contribution in [1.82, 2.24) is 15.1 Å². The number of alkyl halides is 3. The summed E-state index contributed by atoms with van der Waals surface area (Å²) in [5, 5.41) is 6.25. The van der Waals surface area contributed by atoms with Gasteiger partial charge in [-0.15, -0.1) is 0 Å². The minimum absolute atomic E-state index is 0.0350. The van der Waals surface area contributed by atoms with Crippen LogP contribution >= 0.6 is 0 Å². The molecule has 2 aromatic carbocycles. The number of carbonyl (C=O) groups excluding carboxylic acids is 2. The quantitative estimate of drug-likeness (QED) is 0.570. The van der Waals surface area contributed by atoms with E-state index >= 15 is 0 Å². The molecule has 0 aliphatic carbocycles. The molecule has 2 amide bonds. The summed E-state index contributed by atoms with van der Waals surface area (Å²) in [4.78, 5) is 29.0. The smallest absolute Gasteiger partial charge is 0.416 e. The largest absolute Gasteiger partial charge is 0.441 e. The van der Waals surface area contributed by atoms with Crippen LogP contribution in [0.4, 0.5) is 23.7 Å². The Labute approximate surface area is 220 Å². The molecule has 3 fully saturated rings. The van der Waals surface area contributed by atoms with Gasteiger partial charge in [-0.1, -0.05) is 24.3 Å². The molecule has 0 saturated carbocycles. The highest BCUT2D eigenvalue weighted by Crippen LogP contribution is 2.35. The number of carbonyl (C=O) groups is 2. The van der Waals surface area contributed by atoms with E-state index in [9.17, 15) is 22.8 Å². The first-order valence-electron chi connectivity index (χ1n) is 13.2. The predicted molar refractivity (Wildman–Crippen MR) is 136 cm³/mol. The maximum absolute atomic E-state index is 12.8. The molecule has 3 heterocycles. The Morgan fingerprint density at radius 3 is 2.21 bits per heavy atom. The monoisotopic (exact) mass is 530 g/mol. The topological polar surface area (TPSA) is 73.9 Å². The van der Waals surface area contributed by atoms with Crippen LogP contribution < -0.4 is 10.6 Å². The van der Waals surface area contributed by atoms with Crippen molar-refractivity contribution in [3.63, 3.8) is 0 Å². The highest BCUT2D eigenvalue weighted by molar-refractivity contribution is 5.92. The highest BCUT2D eigenvalue weighted by atomic mass is 19.4. The Balaban J connectivity index is 1.10. The number of nitrogens with zero attached hydrogens (tertiary/aromatic N) is 2. The maximum Gasteiger partial charge on any atom is 0.416 e. The van der Waals surface area contributed by atoms with Gasteiger partial charge in [-0.05, 0) is 61.3 Å². The minimum atomic E-state index is -4.33. The molecule has 0 unspecified atom stereocenters. The van der Waals surface area contributed by atoms with Crippen LogP contribution in [0, 0.1) is 5.92 Å². The zero-order chi connectivity index (χ0) is 26.8. The summed E-state index contributed by atoms with van der Waals surface area (Å²) >= 11 is 0. The first-order chi connectivity index (χ1) is 18.2. The Kier molecular flexibility index (Phi) is 7.63. The molecule has 204 valence electrons. The zero-order valence-electron chi connectivity index (χ0n) is 21.2. The van der Waals surface area contributed by atoms with Crippen LogP contribution in [0.25, 0.3) is 0 Å². The summed E-state index contributed by atoms with van der Waals surface area (Å²) < 4.78 is 44.3. The van der Waals surface area contributed by atoms with Gasteiger partial charge in [0, 0.05) is 50.6 Å². The fourth-order valence-electron chi connectivity index (χ4n) is 5.49. The highest BCUT2D eigenvalue weighted by Gasteiger charge is 2.46. The van der Waals surface area contributed by atoms with E-state index in [1.54, 1.807) is 4.90 Å². The molecule has 0 bridgehead atoms. The van der Waals surface area contributed by atoms with E-state index in [4.69, 9.17) is 4.74 Å². The van der Waals surface area contributed by atoms with Crippen LogP contribution in [0.1, 0.15) is 42.4 Å². The molecule has 3 saturated heterocycles. The van der Waals surface area contributed by atoms with Crippen molar-refractivity contribution in [3.8, 4) is 0 Å². The van der Waals surface area contributed by atoms with Crippen LogP contribution in [0.2, 0.25) is 0 Å². The van der Waals surface area contributed by atoms with Crippen LogP contribution in [-0.4, -0.2) is 60.1 Å². The average Bonchev–Trinajstić information content (AvgIpc) is 3.21. The number of hydrogen-bond donors (Lipinski definition) is 2. The molecule has 0 atom stereocenters. The second-order valence-corrected chi connectivity index (χ2v) is 10.6. The number of nitrogens with one attached hydrogen (secondary N) is 2. The lowest BCUT2D eigenvalue weighted by Crippen LogP contribution is -2.46. The van der Waals surface area contributed by atoms with Crippen molar-refractivity contribution in [2.24, 2.45) is 5.92 Å². The molecule has 3 aliphatic heterocycles. The van der Waals surface area contributed by atoms with Crippen molar-refractivity contribution in [2.45, 2.75) is 50.6 Å². The van der Waals surface area contributed by atoms with Gasteiger partial charge in [-0.3, -0.25) is 14.6 Å². The van der Waals surface area contributed by atoms with E-state index in [0.717, 1.165) is 54.9 Å². The van der Waals surface area contributed by atoms with Gasteiger partial charge in [0.1, 0.15) is 5.60 Å². The van der Waals surface area contributed by atoms with Crippen molar-refractivity contribution < 1.29 is 27.5 Å². The van der Waals surface area contributed by atoms with E-state index < -0.39 is 17.3 Å². The van der Waals surface area contributed by atoms with Gasteiger partial charge in [-0.2, -0.15) is 13.2 Å². The van der Waals surface area contributed by atoms with E-state index in [-0.39, 0.29) is 17.9 Å². The molecule has 7 nitrogen and oxygen atoms in total. The van der Waals surface area contributed by atoms with Gasteiger partial charge >= 0.3 is 12.3 Å². The number of amides is 2. The van der Waals surface area contributed by atoms with Gasteiger partial charge in [0.05, 0.1) is 12.1 Å². The molecule has 3 aliphatic rings. The third-order valence-corrected chi connectivity index (χ3v) is 7.80. The van der Waals surface area contributed by atoms with Crippen molar-refractivity contribution in [2.75, 3.05) is 38.0 Å². The van der Waals surface area contributed by atoms with E-state index in [1.165, 1.54) is 12.1 Å². The number of ether oxygens (including phenoxy) is 1. The second kappa shape index (κ2) is 10.9. The molecular formula is C28H33F3N4O3. The normalized spacial score (nSPS) is 20.5. The number of benzene rings is 2. The summed E-state index contributed by atoms with van der Waals surface area (Å²) in [7, 11) is 0. The van der Waals surface area contributed by atoms with Crippen molar-refractivity contribution >= 4 is 17.7 Å². The van der Waals surface area contributed by atoms with E-state index in [0.29, 0.717) is 45.6 Å². The van der Waals surface area contributed by atoms with Gasteiger partial charge in [-0.25, -0.2) is 4.79 Å². The number of hydrogen-bond acceptors (Lipinski definition) is 5. The fourth-order valence-corrected chi connectivity index (χ4v) is 5.49. The number of piperidine rings is 2. The number of likely N-dealkylation sites (tertiary alicyclic amines) is 1. The SMILES string of the molecule is O=C(Nc1ccc(CN2CC3(CCN(Cc4ccc(C(F)(F)F)cc4)CC3)OC2=O)cc1)C1CCNCC1. The molecule has 2 N–H and O–H groups in total. The molecule has 5 rings (SSSR count). The Morgan fingerprint density at radius 1 is 0.974 bits per heavy atom. The Hall–Kier alpha value is -3.11. The third kappa shape index (κ3) is 6.30. The lowest BCUT2D eigenvalue weighted by atomic mass is 9.91. The van der Waals surface area contributed by atoms with Gasteiger partial charge in [0.2, 0.25) is 5.91 Å². The predicted octanol–water partition coefficient (Wildman–Crippen LogP) is 4.63. The van der Waals surface area contributed by atoms with E-state index in [1.807, 2.05) is 24.3 Å². The first-order valence-corrected chi connectivity index (χ1v) is 13.2. The fraction of sp³-hybridized carbons (Fsp3) is 0.500. The second-order valence-electron chi connectivity index (χ2n) is 10.6. The van der Waals surface area contributed by atoms with Crippen LogP contribution in [0.15, 0.2) is 48.5 Å². The number of anilines is 1. The minimum Gasteiger partial charge on any atom is -0.441 e. The molecule has 10 heteroatoms. The van der Waals surface area contributed by atoms with Crippen molar-refractivity contribution in [3.05, 3.63) is 65.2 Å². The molecule has 1 spiro atoms. The third-order valence-electron chi connectivity index (χ3n) is 7.80. The molecule has 38 heavy (non-hydrogen) atoms.